The summed E-state index contributed by atoms with van der Waals surface area (Å²) in [5, 5.41) is 15.3. The molecular weight excluding hydrogens is 577 g/mol. The first-order chi connectivity index (χ1) is 20.4. The standard InChI is InChI=1S/C30H29Cl2N7O3/c31-21-3-1-6-24(28(21)32)38-15-13-37(14-16-38)18-20-9-7-19(8-10-20)17-33-22-4-2-5-23-27(22)30(42)39(36-35-23)25-11-12-26(40)34-29(25)41/h1-10,25,33H,11-18H2,(H,34,40,41). The van der Waals surface area contributed by atoms with Gasteiger partial charge in [0.05, 0.1) is 21.1 Å². The van der Waals surface area contributed by atoms with Gasteiger partial charge in [-0.1, -0.05) is 64.8 Å². The molecule has 0 aliphatic carbocycles. The smallest absolute Gasteiger partial charge is 0.280 e. The highest BCUT2D eigenvalue weighted by Gasteiger charge is 2.30. The summed E-state index contributed by atoms with van der Waals surface area (Å²) in [7, 11) is 0. The van der Waals surface area contributed by atoms with E-state index in [1.807, 2.05) is 18.2 Å². The molecule has 2 aliphatic rings. The first kappa shape index (κ1) is 28.1. The molecule has 1 unspecified atom stereocenters. The van der Waals surface area contributed by atoms with E-state index >= 15 is 0 Å². The predicted molar refractivity (Wildman–Crippen MR) is 163 cm³/mol. The van der Waals surface area contributed by atoms with E-state index in [1.165, 1.54) is 5.56 Å². The van der Waals surface area contributed by atoms with Crippen molar-refractivity contribution in [1.29, 1.82) is 0 Å². The van der Waals surface area contributed by atoms with Gasteiger partial charge in [-0.25, -0.2) is 0 Å². The summed E-state index contributed by atoms with van der Waals surface area (Å²) in [5.41, 5.74) is 3.88. The van der Waals surface area contributed by atoms with Crippen molar-refractivity contribution < 1.29 is 9.59 Å². The van der Waals surface area contributed by atoms with Gasteiger partial charge in [0.25, 0.3) is 11.5 Å². The Bertz CT molecular complexity index is 1700. The van der Waals surface area contributed by atoms with Crippen LogP contribution in [0.25, 0.3) is 10.9 Å². The third kappa shape index (κ3) is 5.83. The van der Waals surface area contributed by atoms with Gasteiger partial charge in [-0.3, -0.25) is 24.6 Å². The summed E-state index contributed by atoms with van der Waals surface area (Å²) >= 11 is 12.6. The lowest BCUT2D eigenvalue weighted by Crippen LogP contribution is -2.46. The molecule has 2 fully saturated rings. The predicted octanol–water partition coefficient (Wildman–Crippen LogP) is 4.01. The van der Waals surface area contributed by atoms with Crippen LogP contribution in [0.1, 0.15) is 30.0 Å². The maximum atomic E-state index is 13.4. The molecule has 6 rings (SSSR count). The van der Waals surface area contributed by atoms with E-state index in [1.54, 1.807) is 18.2 Å². The molecule has 4 aromatic rings. The highest BCUT2D eigenvalue weighted by atomic mass is 35.5. The molecule has 2 N–H and O–H groups in total. The van der Waals surface area contributed by atoms with Crippen LogP contribution < -0.4 is 21.1 Å². The third-order valence-corrected chi connectivity index (χ3v) is 8.58. The molecule has 3 aromatic carbocycles. The Morgan fingerprint density at radius 3 is 2.40 bits per heavy atom. The van der Waals surface area contributed by atoms with Crippen LogP contribution in [0.3, 0.4) is 0 Å². The maximum absolute atomic E-state index is 13.4. The number of piperazine rings is 1. The minimum atomic E-state index is -0.870. The first-order valence-corrected chi connectivity index (χ1v) is 14.6. The number of halogens is 2. The zero-order valence-electron chi connectivity index (χ0n) is 22.7. The van der Waals surface area contributed by atoms with Crippen molar-refractivity contribution in [2.75, 3.05) is 36.4 Å². The molecule has 0 saturated carbocycles. The van der Waals surface area contributed by atoms with Gasteiger partial charge in [0.1, 0.15) is 11.6 Å². The second-order valence-electron chi connectivity index (χ2n) is 10.5. The quantitative estimate of drug-likeness (QED) is 0.304. The second-order valence-corrected chi connectivity index (χ2v) is 11.3. The van der Waals surface area contributed by atoms with E-state index in [9.17, 15) is 14.4 Å². The Labute approximate surface area is 252 Å². The van der Waals surface area contributed by atoms with E-state index < -0.39 is 17.5 Å². The zero-order chi connectivity index (χ0) is 29.2. The molecule has 216 valence electrons. The van der Waals surface area contributed by atoms with E-state index in [2.05, 4.69) is 55.0 Å². The largest absolute Gasteiger partial charge is 0.380 e. The van der Waals surface area contributed by atoms with Crippen molar-refractivity contribution in [3.8, 4) is 0 Å². The topological polar surface area (TPSA) is 112 Å². The summed E-state index contributed by atoms with van der Waals surface area (Å²) in [4.78, 5) is 42.0. The zero-order valence-corrected chi connectivity index (χ0v) is 24.2. The lowest BCUT2D eigenvalue weighted by atomic mass is 10.1. The number of imide groups is 1. The number of nitrogens with zero attached hydrogens (tertiary/aromatic N) is 5. The molecule has 0 spiro atoms. The summed E-state index contributed by atoms with van der Waals surface area (Å²) < 4.78 is 1.08. The minimum absolute atomic E-state index is 0.145. The van der Waals surface area contributed by atoms with Crippen molar-refractivity contribution in [3.63, 3.8) is 0 Å². The fourth-order valence-electron chi connectivity index (χ4n) is 5.47. The SMILES string of the molecule is O=C1CCC(n2nnc3cccc(NCc4ccc(CN5CCN(c6cccc(Cl)c6Cl)CC5)cc4)c3c2=O)C(=O)N1. The molecule has 1 aromatic heterocycles. The number of benzene rings is 3. The molecule has 2 saturated heterocycles. The normalized spacial score (nSPS) is 17.9. The minimum Gasteiger partial charge on any atom is -0.380 e. The molecule has 3 heterocycles. The number of amides is 2. The van der Waals surface area contributed by atoms with Crippen LogP contribution in [-0.4, -0.2) is 57.9 Å². The molecule has 2 amide bonds. The van der Waals surface area contributed by atoms with Gasteiger partial charge in [0.2, 0.25) is 5.91 Å². The summed E-state index contributed by atoms with van der Waals surface area (Å²) in [6, 6.07) is 18.6. The Morgan fingerprint density at radius 1 is 0.905 bits per heavy atom. The monoisotopic (exact) mass is 605 g/mol. The number of rotatable bonds is 7. The van der Waals surface area contributed by atoms with Gasteiger partial charge in [0, 0.05) is 51.4 Å². The number of piperidine rings is 1. The van der Waals surface area contributed by atoms with Gasteiger partial charge in [-0.05, 0) is 41.8 Å². The van der Waals surface area contributed by atoms with Gasteiger partial charge < -0.3 is 10.2 Å². The lowest BCUT2D eigenvalue weighted by Gasteiger charge is -2.36. The number of hydrogen-bond acceptors (Lipinski definition) is 8. The number of fused-ring (bicyclic) bond motifs is 1. The average Bonchev–Trinajstić information content (AvgIpc) is 2.99. The number of anilines is 2. The summed E-state index contributed by atoms with van der Waals surface area (Å²) in [6.07, 6.45) is 0.352. The lowest BCUT2D eigenvalue weighted by molar-refractivity contribution is -0.136. The summed E-state index contributed by atoms with van der Waals surface area (Å²) in [5.74, 6) is -0.895. The van der Waals surface area contributed by atoms with Crippen LogP contribution in [0.4, 0.5) is 11.4 Å². The van der Waals surface area contributed by atoms with Gasteiger partial charge in [-0.2, -0.15) is 4.68 Å². The molecular formula is C30H29Cl2N7O3. The fourth-order valence-corrected chi connectivity index (χ4v) is 5.88. The van der Waals surface area contributed by atoms with E-state index in [0.29, 0.717) is 33.2 Å². The molecule has 12 heteroatoms. The van der Waals surface area contributed by atoms with E-state index in [0.717, 1.165) is 48.7 Å². The fraction of sp³-hybridized carbons (Fsp3) is 0.300. The highest BCUT2D eigenvalue weighted by molar-refractivity contribution is 6.43. The second kappa shape index (κ2) is 12.1. The van der Waals surface area contributed by atoms with Crippen molar-refractivity contribution in [2.24, 2.45) is 0 Å². The Balaban J connectivity index is 1.09. The third-order valence-electron chi connectivity index (χ3n) is 7.77. The van der Waals surface area contributed by atoms with Gasteiger partial charge in [0.15, 0.2) is 0 Å². The molecule has 2 aliphatic heterocycles. The first-order valence-electron chi connectivity index (χ1n) is 13.8. The van der Waals surface area contributed by atoms with Crippen molar-refractivity contribution >= 4 is 57.3 Å². The van der Waals surface area contributed by atoms with Gasteiger partial charge in [-0.15, -0.1) is 5.10 Å². The van der Waals surface area contributed by atoms with E-state index in [4.69, 9.17) is 23.2 Å². The van der Waals surface area contributed by atoms with Crippen LogP contribution in [0, 0.1) is 0 Å². The molecule has 1 atom stereocenters. The van der Waals surface area contributed by atoms with Crippen molar-refractivity contribution in [2.45, 2.75) is 32.0 Å². The van der Waals surface area contributed by atoms with Crippen LogP contribution in [0.15, 0.2) is 65.5 Å². The molecule has 42 heavy (non-hydrogen) atoms. The maximum Gasteiger partial charge on any atom is 0.280 e. The van der Waals surface area contributed by atoms with Gasteiger partial charge >= 0.3 is 0 Å². The molecule has 0 bridgehead atoms. The molecule has 10 nitrogen and oxygen atoms in total. The van der Waals surface area contributed by atoms with Crippen LogP contribution in [0.5, 0.6) is 0 Å². The number of hydrogen-bond donors (Lipinski definition) is 2. The molecule has 0 radical (unpaired) electrons. The summed E-state index contributed by atoms with van der Waals surface area (Å²) in [6.45, 7) is 4.95. The Morgan fingerprint density at radius 2 is 1.64 bits per heavy atom. The Hall–Kier alpha value is -3.99. The Kier molecular flexibility index (Phi) is 8.10. The highest BCUT2D eigenvalue weighted by Crippen LogP contribution is 2.33. The van der Waals surface area contributed by atoms with E-state index in [-0.39, 0.29) is 18.7 Å². The van der Waals surface area contributed by atoms with Crippen LogP contribution >= 0.6 is 23.2 Å². The van der Waals surface area contributed by atoms with Crippen molar-refractivity contribution in [3.05, 3.63) is 92.2 Å². The number of carbonyl (C=O) groups excluding carboxylic acids is 2. The number of aromatic nitrogens is 3. The van der Waals surface area contributed by atoms with Crippen LogP contribution in [0.2, 0.25) is 10.0 Å². The van der Waals surface area contributed by atoms with Crippen LogP contribution in [-0.2, 0) is 22.7 Å². The number of carbonyl (C=O) groups is 2. The number of nitrogens with one attached hydrogen (secondary N) is 2. The van der Waals surface area contributed by atoms with Crippen molar-refractivity contribution in [1.82, 2.24) is 25.2 Å². The average molecular weight is 607 g/mol.